The van der Waals surface area contributed by atoms with Crippen molar-refractivity contribution in [3.05, 3.63) is 68.1 Å². The summed E-state index contributed by atoms with van der Waals surface area (Å²) in [5.74, 6) is 0.594. The lowest BCUT2D eigenvalue weighted by Crippen LogP contribution is -2.38. The summed E-state index contributed by atoms with van der Waals surface area (Å²) in [4.78, 5) is 35.5. The Kier molecular flexibility index (Phi) is 5.58. The van der Waals surface area contributed by atoms with Crippen molar-refractivity contribution in [2.75, 3.05) is 6.26 Å². The number of sulfone groups is 1. The van der Waals surface area contributed by atoms with Crippen LogP contribution in [0.25, 0.3) is 33.5 Å². The Morgan fingerprint density at radius 1 is 1.13 bits per heavy atom. The lowest BCUT2D eigenvalue weighted by Gasteiger charge is -2.10. The van der Waals surface area contributed by atoms with E-state index in [9.17, 15) is 18.0 Å². The van der Waals surface area contributed by atoms with Gasteiger partial charge >= 0.3 is 5.69 Å². The van der Waals surface area contributed by atoms with E-state index in [0.29, 0.717) is 23.2 Å². The first-order chi connectivity index (χ1) is 18.0. The first-order valence-electron chi connectivity index (χ1n) is 12.0. The number of pyridine rings is 1. The third kappa shape index (κ3) is 4.04. The van der Waals surface area contributed by atoms with Crippen molar-refractivity contribution in [3.8, 4) is 11.5 Å². The summed E-state index contributed by atoms with van der Waals surface area (Å²) in [5, 5.41) is 6.22. The van der Waals surface area contributed by atoms with Crippen molar-refractivity contribution in [1.82, 2.24) is 33.4 Å². The molecule has 0 N–H and O–H groups in total. The highest BCUT2D eigenvalue weighted by Crippen LogP contribution is 2.33. The fourth-order valence-electron chi connectivity index (χ4n) is 4.74. The lowest BCUT2D eigenvalue weighted by molar-refractivity contribution is 0.572. The summed E-state index contributed by atoms with van der Waals surface area (Å²) in [6.07, 6.45) is 6.17. The minimum atomic E-state index is -3.62. The molecule has 11 nitrogen and oxygen atoms in total. The maximum Gasteiger partial charge on any atom is 0.332 e. The predicted molar refractivity (Wildman–Crippen MR) is 143 cm³/mol. The molecule has 6 rings (SSSR count). The minimum Gasteiger partial charge on any atom is -0.331 e. The van der Waals surface area contributed by atoms with Crippen LogP contribution in [0.1, 0.15) is 18.4 Å². The molecule has 0 bridgehead atoms. The number of fused-ring (bicyclic) bond motifs is 2. The monoisotopic (exact) mass is 553 g/mol. The third-order valence-electron chi connectivity index (χ3n) is 6.92. The second-order valence-electron chi connectivity index (χ2n) is 9.82. The topological polar surface area (TPSA) is 127 Å². The fourth-order valence-corrected chi connectivity index (χ4v) is 5.51. The molecule has 5 aromatic rings. The van der Waals surface area contributed by atoms with Gasteiger partial charge in [0.2, 0.25) is 0 Å². The van der Waals surface area contributed by atoms with Crippen LogP contribution in [0.15, 0.2) is 51.3 Å². The van der Waals surface area contributed by atoms with Crippen LogP contribution < -0.4 is 11.2 Å². The van der Waals surface area contributed by atoms with Crippen LogP contribution in [0.3, 0.4) is 0 Å². The summed E-state index contributed by atoms with van der Waals surface area (Å²) in [6.45, 7) is 0.647. The molecule has 1 aromatic carbocycles. The van der Waals surface area contributed by atoms with Crippen molar-refractivity contribution in [3.63, 3.8) is 0 Å². The van der Waals surface area contributed by atoms with Gasteiger partial charge in [0.15, 0.2) is 26.3 Å². The molecule has 1 fully saturated rings. The Balaban J connectivity index is 1.68. The van der Waals surface area contributed by atoms with E-state index in [1.807, 2.05) is 18.2 Å². The van der Waals surface area contributed by atoms with Crippen LogP contribution in [0.2, 0.25) is 5.02 Å². The SMILES string of the molecule is Cn1cc(S(C)(=O)=O)nc1-c1c2c(=O)n(C)c(=O)n(CC3CC3)c2nn1Cc1ccnc2ccc(Cl)cc12. The van der Waals surface area contributed by atoms with E-state index >= 15 is 0 Å². The zero-order chi connectivity index (χ0) is 26.9. The number of nitrogens with zero attached hydrogens (tertiary/aromatic N) is 7. The molecule has 0 amide bonds. The Hall–Kier alpha value is -3.77. The van der Waals surface area contributed by atoms with Crippen LogP contribution in [0.4, 0.5) is 0 Å². The highest BCUT2D eigenvalue weighted by Gasteiger charge is 2.29. The molecular formula is C25H24ClN7O4S. The highest BCUT2D eigenvalue weighted by atomic mass is 35.5. The molecule has 13 heteroatoms. The number of hydrogen-bond donors (Lipinski definition) is 0. The molecule has 1 aliphatic carbocycles. The molecule has 0 radical (unpaired) electrons. The zero-order valence-corrected chi connectivity index (χ0v) is 22.5. The Morgan fingerprint density at radius 3 is 2.58 bits per heavy atom. The first-order valence-corrected chi connectivity index (χ1v) is 14.3. The molecule has 0 atom stereocenters. The lowest BCUT2D eigenvalue weighted by atomic mass is 10.1. The highest BCUT2D eigenvalue weighted by molar-refractivity contribution is 7.90. The van der Waals surface area contributed by atoms with Crippen LogP contribution in [-0.4, -0.2) is 48.1 Å². The van der Waals surface area contributed by atoms with Gasteiger partial charge in [-0.05, 0) is 48.6 Å². The molecule has 0 spiro atoms. The Bertz CT molecular complexity index is 2000. The number of benzene rings is 1. The van der Waals surface area contributed by atoms with Crippen molar-refractivity contribution < 1.29 is 8.42 Å². The fraction of sp³-hybridized carbons (Fsp3) is 0.320. The van der Waals surface area contributed by atoms with Crippen LogP contribution >= 0.6 is 11.6 Å². The molecule has 1 saturated carbocycles. The van der Waals surface area contributed by atoms with Crippen molar-refractivity contribution in [1.29, 1.82) is 0 Å². The van der Waals surface area contributed by atoms with E-state index in [2.05, 4.69) is 9.97 Å². The van der Waals surface area contributed by atoms with E-state index in [1.165, 1.54) is 17.8 Å². The summed E-state index contributed by atoms with van der Waals surface area (Å²) in [7, 11) is -0.521. The maximum atomic E-state index is 13.5. The number of aryl methyl sites for hydroxylation is 1. The zero-order valence-electron chi connectivity index (χ0n) is 20.9. The van der Waals surface area contributed by atoms with E-state index in [-0.39, 0.29) is 28.4 Å². The molecule has 0 aliphatic heterocycles. The molecule has 4 aromatic heterocycles. The van der Waals surface area contributed by atoms with Gasteiger partial charge in [-0.2, -0.15) is 5.10 Å². The van der Waals surface area contributed by atoms with Gasteiger partial charge in [0.1, 0.15) is 11.1 Å². The third-order valence-corrected chi connectivity index (χ3v) is 8.12. The van der Waals surface area contributed by atoms with Gasteiger partial charge < -0.3 is 4.57 Å². The standard InChI is InChI=1S/C25H24ClN7O4S/c1-30-13-19(38(3,36)37)28-23(30)21-20-22(32(11-14-4-5-14)25(35)31(2)24(20)34)29-33(21)12-15-8-9-27-18-7-6-16(26)10-17(15)18/h6-10,13-14H,4-5,11-12H2,1-3H3. The van der Waals surface area contributed by atoms with Crippen molar-refractivity contribution >= 4 is 43.4 Å². The molecule has 38 heavy (non-hydrogen) atoms. The molecule has 0 unspecified atom stereocenters. The van der Waals surface area contributed by atoms with E-state index in [4.69, 9.17) is 16.7 Å². The number of imidazole rings is 1. The molecule has 196 valence electrons. The van der Waals surface area contributed by atoms with E-state index in [0.717, 1.165) is 40.1 Å². The number of hydrogen-bond acceptors (Lipinski definition) is 7. The van der Waals surface area contributed by atoms with Gasteiger partial charge in [0, 0.05) is 49.7 Å². The second-order valence-corrected chi connectivity index (χ2v) is 12.2. The van der Waals surface area contributed by atoms with Gasteiger partial charge in [-0.25, -0.2) is 18.2 Å². The van der Waals surface area contributed by atoms with E-state index in [1.54, 1.807) is 28.6 Å². The Labute approximate surface area is 221 Å². The van der Waals surface area contributed by atoms with Crippen LogP contribution in [0.5, 0.6) is 0 Å². The van der Waals surface area contributed by atoms with Gasteiger partial charge in [0.25, 0.3) is 5.56 Å². The van der Waals surface area contributed by atoms with Crippen LogP contribution in [0, 0.1) is 5.92 Å². The molecule has 1 aliphatic rings. The minimum absolute atomic E-state index is 0.125. The average molecular weight is 554 g/mol. The van der Waals surface area contributed by atoms with Gasteiger partial charge in [-0.1, -0.05) is 11.6 Å². The summed E-state index contributed by atoms with van der Waals surface area (Å²) in [6, 6.07) is 7.23. The number of halogens is 1. The van der Waals surface area contributed by atoms with Crippen molar-refractivity contribution in [2.24, 2.45) is 20.0 Å². The largest absolute Gasteiger partial charge is 0.332 e. The summed E-state index contributed by atoms with van der Waals surface area (Å²) >= 11 is 6.28. The molecular weight excluding hydrogens is 530 g/mol. The quantitative estimate of drug-likeness (QED) is 0.316. The van der Waals surface area contributed by atoms with Gasteiger partial charge in [0.05, 0.1) is 12.1 Å². The normalized spacial score (nSPS) is 14.1. The van der Waals surface area contributed by atoms with Gasteiger partial charge in [-0.3, -0.25) is 23.6 Å². The summed E-state index contributed by atoms with van der Waals surface area (Å²) in [5.41, 5.74) is 1.18. The van der Waals surface area contributed by atoms with Gasteiger partial charge in [-0.15, -0.1) is 0 Å². The first kappa shape index (κ1) is 24.6. The number of aromatic nitrogens is 7. The smallest absolute Gasteiger partial charge is 0.331 e. The predicted octanol–water partition coefficient (Wildman–Crippen LogP) is 2.36. The number of rotatable bonds is 6. The Morgan fingerprint density at radius 2 is 1.89 bits per heavy atom. The summed E-state index contributed by atoms with van der Waals surface area (Å²) < 4.78 is 30.4. The van der Waals surface area contributed by atoms with Crippen LogP contribution in [-0.2, 0) is 37.0 Å². The maximum absolute atomic E-state index is 13.5. The van der Waals surface area contributed by atoms with Crippen molar-refractivity contribution in [2.45, 2.75) is 31.0 Å². The molecule has 4 heterocycles. The second kappa shape index (κ2) is 8.63. The van der Waals surface area contributed by atoms with E-state index < -0.39 is 21.1 Å². The molecule has 0 saturated heterocycles. The average Bonchev–Trinajstić information content (AvgIpc) is 3.49.